The maximum absolute atomic E-state index is 15.0. The molecule has 2 heterocycles. The van der Waals surface area contributed by atoms with Crippen LogP contribution in [0.2, 0.25) is 0 Å². The molecule has 1 aliphatic rings. The van der Waals surface area contributed by atoms with E-state index in [0.29, 0.717) is 23.2 Å². The average molecular weight is 443 g/mol. The van der Waals surface area contributed by atoms with Crippen LogP contribution in [0.5, 0.6) is 0 Å². The normalized spacial score (nSPS) is 22.7. The quantitative estimate of drug-likeness (QED) is 0.608. The van der Waals surface area contributed by atoms with E-state index in [1.165, 1.54) is 30.5 Å². The van der Waals surface area contributed by atoms with E-state index in [2.05, 4.69) is 9.97 Å². The summed E-state index contributed by atoms with van der Waals surface area (Å²) in [6, 6.07) is 7.15. The molecule has 3 aromatic rings. The van der Waals surface area contributed by atoms with Crippen molar-refractivity contribution in [2.45, 2.75) is 50.9 Å². The number of carbonyl (C=O) groups excluding carboxylic acids is 1. The Morgan fingerprint density at radius 2 is 2.00 bits per heavy atom. The topological polar surface area (TPSA) is 88.8 Å². The molecule has 0 radical (unpaired) electrons. The number of aromatic amines is 1. The number of aromatic nitrogens is 2. The zero-order valence-corrected chi connectivity index (χ0v) is 17.8. The Bertz CT molecular complexity index is 1250. The molecular weight excluding hydrogens is 419 g/mol. The second-order valence-corrected chi connectivity index (χ2v) is 8.56. The van der Waals surface area contributed by atoms with Gasteiger partial charge in [-0.15, -0.1) is 0 Å². The lowest BCUT2D eigenvalue weighted by molar-refractivity contribution is -0.0984. The van der Waals surface area contributed by atoms with Crippen LogP contribution in [0.15, 0.2) is 41.3 Å². The van der Waals surface area contributed by atoms with Gasteiger partial charge < -0.3 is 10.7 Å². The number of pyridine rings is 2. The van der Waals surface area contributed by atoms with Crippen LogP contribution in [0, 0.1) is 18.7 Å². The van der Waals surface area contributed by atoms with Gasteiger partial charge in [-0.05, 0) is 55.0 Å². The van der Waals surface area contributed by atoms with Crippen molar-refractivity contribution in [3.8, 4) is 0 Å². The first-order valence-corrected chi connectivity index (χ1v) is 10.6. The molecule has 0 aliphatic heterocycles. The first-order chi connectivity index (χ1) is 15.1. The fraction of sp³-hybridized carbons (Fsp3) is 0.375. The highest BCUT2D eigenvalue weighted by Gasteiger charge is 2.49. The summed E-state index contributed by atoms with van der Waals surface area (Å²) < 4.78 is 43.8. The third kappa shape index (κ3) is 3.78. The van der Waals surface area contributed by atoms with Crippen molar-refractivity contribution in [3.63, 3.8) is 0 Å². The summed E-state index contributed by atoms with van der Waals surface area (Å²) in [5.74, 6) is -5.98. The predicted molar refractivity (Wildman–Crippen MR) is 115 cm³/mol. The summed E-state index contributed by atoms with van der Waals surface area (Å²) in [5.41, 5.74) is 6.80. The smallest absolute Gasteiger partial charge is 0.268 e. The van der Waals surface area contributed by atoms with Crippen LogP contribution < -0.4 is 11.2 Å². The van der Waals surface area contributed by atoms with Gasteiger partial charge >= 0.3 is 0 Å². The van der Waals surface area contributed by atoms with Crippen LogP contribution in [-0.2, 0) is 0 Å². The number of aryl methyl sites for hydroxylation is 1. The Balaban J connectivity index is 1.89. The lowest BCUT2D eigenvalue weighted by Gasteiger charge is -2.42. The Morgan fingerprint density at radius 1 is 1.25 bits per heavy atom. The highest BCUT2D eigenvalue weighted by molar-refractivity contribution is 6.03. The molecule has 8 heteroatoms. The Labute approximate surface area is 182 Å². The van der Waals surface area contributed by atoms with Crippen molar-refractivity contribution < 1.29 is 18.0 Å². The summed E-state index contributed by atoms with van der Waals surface area (Å²) in [5, 5.41) is 0.0345. The molecule has 3 unspecified atom stereocenters. The van der Waals surface area contributed by atoms with Crippen LogP contribution in [-0.4, -0.2) is 21.8 Å². The molecule has 2 aromatic heterocycles. The molecule has 168 valence electrons. The predicted octanol–water partition coefficient (Wildman–Crippen LogP) is 4.79. The number of halogens is 3. The van der Waals surface area contributed by atoms with E-state index in [1.54, 1.807) is 19.9 Å². The van der Waals surface area contributed by atoms with Gasteiger partial charge in [-0.3, -0.25) is 14.6 Å². The van der Waals surface area contributed by atoms with Gasteiger partial charge in [0.25, 0.3) is 11.8 Å². The van der Waals surface area contributed by atoms with Gasteiger partial charge in [-0.2, -0.15) is 0 Å². The summed E-state index contributed by atoms with van der Waals surface area (Å²) in [7, 11) is 0. The summed E-state index contributed by atoms with van der Waals surface area (Å²) in [6.07, 6.45) is 1.43. The summed E-state index contributed by atoms with van der Waals surface area (Å²) in [6.45, 7) is 3.50. The first kappa shape index (κ1) is 22.0. The monoisotopic (exact) mass is 443 g/mol. The third-order valence-electron chi connectivity index (χ3n) is 6.63. The van der Waals surface area contributed by atoms with E-state index >= 15 is 8.78 Å². The van der Waals surface area contributed by atoms with Gasteiger partial charge in [0.1, 0.15) is 11.5 Å². The van der Waals surface area contributed by atoms with E-state index in [4.69, 9.17) is 5.73 Å². The minimum absolute atomic E-state index is 0.0345. The van der Waals surface area contributed by atoms with Crippen LogP contribution in [0.3, 0.4) is 0 Å². The van der Waals surface area contributed by atoms with Crippen LogP contribution >= 0.6 is 0 Å². The number of carbonyl (C=O) groups is 1. The number of benzene rings is 1. The third-order valence-corrected chi connectivity index (χ3v) is 6.63. The number of hydrogen-bond donors (Lipinski definition) is 2. The molecule has 1 saturated carbocycles. The number of H-pyrrole nitrogens is 1. The maximum atomic E-state index is 15.0. The molecule has 3 atom stereocenters. The number of primary amides is 1. The largest absolute Gasteiger partial charge is 0.364 e. The second kappa shape index (κ2) is 8.07. The van der Waals surface area contributed by atoms with Crippen molar-refractivity contribution in [2.24, 2.45) is 11.7 Å². The molecule has 0 spiro atoms. The second-order valence-electron chi connectivity index (χ2n) is 8.56. The van der Waals surface area contributed by atoms with Gasteiger partial charge in [-0.1, -0.05) is 13.0 Å². The van der Waals surface area contributed by atoms with E-state index < -0.39 is 35.5 Å². The lowest BCUT2D eigenvalue weighted by Crippen LogP contribution is -2.39. The Kier molecular flexibility index (Phi) is 5.56. The van der Waals surface area contributed by atoms with Gasteiger partial charge in [0.2, 0.25) is 0 Å². The molecule has 0 bridgehead atoms. The fourth-order valence-electron chi connectivity index (χ4n) is 5.04. The molecule has 1 fully saturated rings. The van der Waals surface area contributed by atoms with E-state index in [1.807, 2.05) is 0 Å². The molecule has 4 rings (SSSR count). The van der Waals surface area contributed by atoms with Crippen molar-refractivity contribution >= 4 is 16.8 Å². The molecular formula is C24H24F3N3O2. The number of fused-ring (bicyclic) bond motifs is 1. The van der Waals surface area contributed by atoms with Gasteiger partial charge in [0, 0.05) is 36.2 Å². The van der Waals surface area contributed by atoms with Crippen molar-refractivity contribution in [3.05, 3.63) is 75.1 Å². The number of hydrogen-bond acceptors (Lipinski definition) is 3. The molecule has 1 aromatic carbocycles. The van der Waals surface area contributed by atoms with E-state index in [0.717, 1.165) is 5.56 Å². The molecule has 5 nitrogen and oxygen atoms in total. The number of nitrogens with one attached hydrogen (secondary N) is 1. The Morgan fingerprint density at radius 3 is 2.66 bits per heavy atom. The standard InChI is InChI=1S/C24H24F3N3O2/c1-3-13-9-16(15-5-4-14(25)8-12(15)2)17(11-24(13,26)27)19-10-20(31)21-18(30-19)6-7-29-22(21)23(28)32/h4-8,10,13,16-17H,3,9,11H2,1-2H3,(H2,28,32)(H,30,31). The Hall–Kier alpha value is -3.16. The van der Waals surface area contributed by atoms with Crippen LogP contribution in [0.25, 0.3) is 10.9 Å². The summed E-state index contributed by atoms with van der Waals surface area (Å²) >= 11 is 0. The van der Waals surface area contributed by atoms with E-state index in [-0.39, 0.29) is 29.2 Å². The van der Waals surface area contributed by atoms with Gasteiger partial charge in [0.15, 0.2) is 5.43 Å². The zero-order chi connectivity index (χ0) is 23.2. The number of nitrogens with zero attached hydrogens (tertiary/aromatic N) is 1. The average Bonchev–Trinajstić information content (AvgIpc) is 2.73. The van der Waals surface area contributed by atoms with Crippen molar-refractivity contribution in [1.29, 1.82) is 0 Å². The molecule has 1 aliphatic carbocycles. The van der Waals surface area contributed by atoms with Gasteiger partial charge in [-0.25, -0.2) is 13.2 Å². The van der Waals surface area contributed by atoms with Crippen LogP contribution in [0.4, 0.5) is 13.2 Å². The lowest BCUT2D eigenvalue weighted by atomic mass is 9.66. The molecule has 0 saturated heterocycles. The highest BCUT2D eigenvalue weighted by Crippen LogP contribution is 2.53. The molecule has 3 N–H and O–H groups in total. The number of alkyl halides is 2. The molecule has 32 heavy (non-hydrogen) atoms. The minimum atomic E-state index is -2.91. The molecule has 1 amide bonds. The van der Waals surface area contributed by atoms with E-state index in [9.17, 15) is 14.0 Å². The number of amides is 1. The van der Waals surface area contributed by atoms with Crippen molar-refractivity contribution in [1.82, 2.24) is 9.97 Å². The first-order valence-electron chi connectivity index (χ1n) is 10.6. The highest BCUT2D eigenvalue weighted by atomic mass is 19.3. The maximum Gasteiger partial charge on any atom is 0.268 e. The fourth-order valence-corrected chi connectivity index (χ4v) is 5.04. The van der Waals surface area contributed by atoms with Crippen LogP contribution in [0.1, 0.15) is 65.3 Å². The zero-order valence-electron chi connectivity index (χ0n) is 17.8. The van der Waals surface area contributed by atoms with Crippen molar-refractivity contribution in [2.75, 3.05) is 0 Å². The minimum Gasteiger partial charge on any atom is -0.364 e. The van der Waals surface area contributed by atoms with Gasteiger partial charge in [0.05, 0.1) is 10.9 Å². The number of rotatable bonds is 4. The summed E-state index contributed by atoms with van der Waals surface area (Å²) in [4.78, 5) is 31.6. The SMILES string of the molecule is CCC1CC(c2ccc(F)cc2C)C(c2cc(=O)c3c(C(N)=O)nccc3[nH]2)CC1(F)F. The number of nitrogens with two attached hydrogens (primary N) is 1.